The molecule has 4 N–H and O–H groups in total. The third kappa shape index (κ3) is 1.61. The van der Waals surface area contributed by atoms with Gasteiger partial charge >= 0.3 is 12.1 Å². The highest BCUT2D eigenvalue weighted by Gasteiger charge is 2.43. The van der Waals surface area contributed by atoms with Gasteiger partial charge in [0.1, 0.15) is 12.1 Å². The van der Waals surface area contributed by atoms with E-state index in [1.807, 2.05) is 0 Å². The van der Waals surface area contributed by atoms with E-state index >= 15 is 0 Å². The molecule has 0 aliphatic carbocycles. The van der Waals surface area contributed by atoms with Crippen molar-refractivity contribution in [2.75, 3.05) is 0 Å². The van der Waals surface area contributed by atoms with Crippen LogP contribution in [0.25, 0.3) is 0 Å². The molecule has 1 heterocycles. The second-order valence-corrected chi connectivity index (χ2v) is 3.04. The quantitative estimate of drug-likeness (QED) is 0.534. The first-order valence-corrected chi connectivity index (χ1v) is 3.98. The average molecular weight is 202 g/mol. The minimum absolute atomic E-state index is 0.120. The summed E-state index contributed by atoms with van der Waals surface area (Å²) in [5, 5.41) is 17.4. The lowest BCUT2D eigenvalue weighted by atomic mass is 10.2. The van der Waals surface area contributed by atoms with Crippen LogP contribution >= 0.6 is 0 Å². The molecule has 1 saturated heterocycles. The van der Waals surface area contributed by atoms with E-state index < -0.39 is 30.1 Å². The number of nitrogens with zero attached hydrogens (tertiary/aromatic N) is 1. The van der Waals surface area contributed by atoms with Gasteiger partial charge in [-0.1, -0.05) is 0 Å². The van der Waals surface area contributed by atoms with Crippen molar-refractivity contribution in [1.29, 1.82) is 0 Å². The van der Waals surface area contributed by atoms with Crippen LogP contribution in [0.2, 0.25) is 0 Å². The average Bonchev–Trinajstić information content (AvgIpc) is 2.46. The van der Waals surface area contributed by atoms with Gasteiger partial charge in [-0.2, -0.15) is 0 Å². The van der Waals surface area contributed by atoms with Crippen LogP contribution in [-0.2, 0) is 9.59 Å². The molecule has 0 spiro atoms. The summed E-state index contributed by atoms with van der Waals surface area (Å²) in [4.78, 5) is 32.7. The number of aliphatic carboxylic acids is 1. The molecule has 1 rings (SSSR count). The number of nitrogens with two attached hydrogens (primary N) is 1. The lowest BCUT2D eigenvalue weighted by Crippen LogP contribution is -2.49. The van der Waals surface area contributed by atoms with Crippen molar-refractivity contribution in [1.82, 2.24) is 4.90 Å². The molecule has 1 aliphatic rings. The summed E-state index contributed by atoms with van der Waals surface area (Å²) < 4.78 is 0. The van der Waals surface area contributed by atoms with Crippen LogP contribution < -0.4 is 5.73 Å². The van der Waals surface area contributed by atoms with Gasteiger partial charge in [0.2, 0.25) is 5.91 Å². The number of amides is 2. The number of carbonyl (C=O) groups is 3. The fourth-order valence-electron chi connectivity index (χ4n) is 1.60. The molecule has 0 bridgehead atoms. The number of carboxylic acid groups (broad SMARTS) is 2. The van der Waals surface area contributed by atoms with Gasteiger partial charge in [0, 0.05) is 0 Å². The summed E-state index contributed by atoms with van der Waals surface area (Å²) in [6.45, 7) is 0. The van der Waals surface area contributed by atoms with Crippen molar-refractivity contribution in [3.63, 3.8) is 0 Å². The molecule has 2 amide bonds. The predicted molar refractivity (Wildman–Crippen MR) is 43.5 cm³/mol. The van der Waals surface area contributed by atoms with Crippen LogP contribution in [0.3, 0.4) is 0 Å². The fraction of sp³-hybridized carbons (Fsp3) is 0.571. The fourth-order valence-corrected chi connectivity index (χ4v) is 1.60. The van der Waals surface area contributed by atoms with Crippen molar-refractivity contribution < 1.29 is 24.6 Å². The highest BCUT2D eigenvalue weighted by molar-refractivity contribution is 5.88. The zero-order valence-electron chi connectivity index (χ0n) is 7.21. The number of hydrogen-bond acceptors (Lipinski definition) is 3. The standard InChI is InChI=1S/C7H10N2O5/c8-5(10)3-1-2-4(6(11)12)9(3)7(13)14/h3-4H,1-2H2,(H2,8,10)(H,11,12)(H,13,14)/t3-,4+/m1/s1. The Morgan fingerprint density at radius 1 is 1.14 bits per heavy atom. The SMILES string of the molecule is NC(=O)[C@H]1CC[C@@H](C(=O)O)N1C(=O)O. The minimum atomic E-state index is -1.43. The third-order valence-electron chi connectivity index (χ3n) is 2.22. The second-order valence-electron chi connectivity index (χ2n) is 3.04. The van der Waals surface area contributed by atoms with Crippen molar-refractivity contribution in [2.45, 2.75) is 24.9 Å². The van der Waals surface area contributed by atoms with Crippen LogP contribution in [0, 0.1) is 0 Å². The molecule has 0 aromatic carbocycles. The second kappa shape index (κ2) is 3.52. The normalized spacial score (nSPS) is 26.1. The largest absolute Gasteiger partial charge is 0.480 e. The van der Waals surface area contributed by atoms with Gasteiger partial charge in [0.25, 0.3) is 0 Å². The number of primary amides is 1. The molecule has 1 fully saturated rings. The molecule has 0 saturated carbocycles. The Morgan fingerprint density at radius 3 is 2.00 bits per heavy atom. The molecular weight excluding hydrogens is 192 g/mol. The Kier molecular flexibility index (Phi) is 2.59. The zero-order valence-corrected chi connectivity index (χ0v) is 7.21. The number of carbonyl (C=O) groups excluding carboxylic acids is 1. The van der Waals surface area contributed by atoms with E-state index in [4.69, 9.17) is 15.9 Å². The van der Waals surface area contributed by atoms with E-state index in [1.165, 1.54) is 0 Å². The maximum absolute atomic E-state index is 10.8. The summed E-state index contributed by atoms with van der Waals surface area (Å²) in [6.07, 6.45) is -1.15. The first-order valence-electron chi connectivity index (χ1n) is 3.98. The predicted octanol–water partition coefficient (Wildman–Crippen LogP) is -0.933. The first kappa shape index (κ1) is 10.3. The zero-order chi connectivity index (χ0) is 10.9. The molecule has 0 aromatic heterocycles. The van der Waals surface area contributed by atoms with Crippen LogP contribution in [0.5, 0.6) is 0 Å². The summed E-state index contributed by atoms with van der Waals surface area (Å²) in [5.41, 5.74) is 4.95. The smallest absolute Gasteiger partial charge is 0.408 e. The van der Waals surface area contributed by atoms with Crippen molar-refractivity contribution in [3.8, 4) is 0 Å². The minimum Gasteiger partial charge on any atom is -0.480 e. The van der Waals surface area contributed by atoms with Crippen LogP contribution in [0.4, 0.5) is 4.79 Å². The molecule has 0 aromatic rings. The third-order valence-corrected chi connectivity index (χ3v) is 2.22. The van der Waals surface area contributed by atoms with E-state index in [9.17, 15) is 14.4 Å². The van der Waals surface area contributed by atoms with Crippen LogP contribution in [-0.4, -0.2) is 45.2 Å². The number of carboxylic acids is 1. The Bertz CT molecular complexity index is 268. The molecule has 2 atom stereocenters. The summed E-state index contributed by atoms with van der Waals surface area (Å²) in [7, 11) is 0. The maximum atomic E-state index is 10.8. The van der Waals surface area contributed by atoms with E-state index in [1.54, 1.807) is 0 Å². The van der Waals surface area contributed by atoms with Crippen molar-refractivity contribution in [2.24, 2.45) is 5.73 Å². The topological polar surface area (TPSA) is 121 Å². The Morgan fingerprint density at radius 2 is 1.64 bits per heavy atom. The Labute approximate surface area is 79.1 Å². The monoisotopic (exact) mass is 202 g/mol. The van der Waals surface area contributed by atoms with Crippen LogP contribution in [0.15, 0.2) is 0 Å². The molecule has 7 nitrogen and oxygen atoms in total. The summed E-state index contributed by atoms with van der Waals surface area (Å²) in [5.74, 6) is -2.06. The van der Waals surface area contributed by atoms with Crippen molar-refractivity contribution >= 4 is 18.0 Å². The molecule has 0 unspecified atom stereocenters. The molecule has 0 radical (unpaired) electrons. The van der Waals surface area contributed by atoms with Gasteiger partial charge in [0.15, 0.2) is 0 Å². The van der Waals surface area contributed by atoms with Gasteiger partial charge in [-0.05, 0) is 12.8 Å². The molecule has 78 valence electrons. The highest BCUT2D eigenvalue weighted by Crippen LogP contribution is 2.24. The highest BCUT2D eigenvalue weighted by atomic mass is 16.4. The van der Waals surface area contributed by atoms with E-state index in [2.05, 4.69) is 0 Å². The summed E-state index contributed by atoms with van der Waals surface area (Å²) in [6, 6.07) is -2.18. The Hall–Kier alpha value is -1.79. The molecule has 14 heavy (non-hydrogen) atoms. The lowest BCUT2D eigenvalue weighted by Gasteiger charge is -2.22. The van der Waals surface area contributed by atoms with E-state index in [0.717, 1.165) is 0 Å². The van der Waals surface area contributed by atoms with Crippen molar-refractivity contribution in [3.05, 3.63) is 0 Å². The van der Waals surface area contributed by atoms with Gasteiger partial charge in [-0.15, -0.1) is 0 Å². The van der Waals surface area contributed by atoms with Crippen LogP contribution in [0.1, 0.15) is 12.8 Å². The summed E-state index contributed by atoms with van der Waals surface area (Å²) >= 11 is 0. The van der Waals surface area contributed by atoms with Gasteiger partial charge in [0.05, 0.1) is 0 Å². The van der Waals surface area contributed by atoms with Gasteiger partial charge < -0.3 is 15.9 Å². The Balaban J connectivity index is 2.90. The molecule has 1 aliphatic heterocycles. The molecule has 7 heteroatoms. The lowest BCUT2D eigenvalue weighted by molar-refractivity contribution is -0.142. The van der Waals surface area contributed by atoms with E-state index in [0.29, 0.717) is 4.90 Å². The van der Waals surface area contributed by atoms with E-state index in [-0.39, 0.29) is 12.8 Å². The first-order chi connectivity index (χ1) is 6.45. The van der Waals surface area contributed by atoms with Gasteiger partial charge in [-0.25, -0.2) is 9.59 Å². The molecular formula is C7H10N2O5. The maximum Gasteiger partial charge on any atom is 0.408 e. The number of hydrogen-bond donors (Lipinski definition) is 3. The number of likely N-dealkylation sites (tertiary alicyclic amines) is 1. The number of rotatable bonds is 2. The van der Waals surface area contributed by atoms with Gasteiger partial charge in [-0.3, -0.25) is 9.69 Å².